The number of nitrogens with zero attached hydrogens (tertiary/aromatic N) is 2. The highest BCUT2D eigenvalue weighted by Crippen LogP contribution is 2.07. The van der Waals surface area contributed by atoms with Gasteiger partial charge in [-0.3, -0.25) is 14.2 Å². The fourth-order valence-corrected chi connectivity index (χ4v) is 3.03. The van der Waals surface area contributed by atoms with E-state index < -0.39 is 0 Å². The highest BCUT2D eigenvalue weighted by Gasteiger charge is 2.11. The molecule has 3 rings (SSSR count). The molecule has 5 nitrogen and oxygen atoms in total. The highest BCUT2D eigenvalue weighted by atomic mass is 32.1. The third kappa shape index (κ3) is 3.85. The van der Waals surface area contributed by atoms with Gasteiger partial charge in [-0.05, 0) is 29.9 Å². The molecule has 25 heavy (non-hydrogen) atoms. The Kier molecular flexibility index (Phi) is 5.09. The molecule has 128 valence electrons. The number of para-hydroxylation sites is 1. The van der Waals surface area contributed by atoms with Gasteiger partial charge in [0.05, 0.1) is 10.9 Å². The smallest absolute Gasteiger partial charge is 0.262 e. The lowest BCUT2D eigenvalue weighted by molar-refractivity contribution is -0.130. The maximum Gasteiger partial charge on any atom is 0.262 e. The minimum atomic E-state index is -0.169. The van der Waals surface area contributed by atoms with Crippen LogP contribution in [-0.4, -0.2) is 27.4 Å². The van der Waals surface area contributed by atoms with E-state index in [1.54, 1.807) is 18.0 Å². The van der Waals surface area contributed by atoms with Crippen molar-refractivity contribution in [3.8, 4) is 0 Å². The molecule has 0 atom stereocenters. The fourth-order valence-electron chi connectivity index (χ4n) is 2.75. The fraction of sp³-hybridized carbons (Fsp3) is 0.211. The molecule has 1 aromatic heterocycles. The Morgan fingerprint density at radius 2 is 1.80 bits per heavy atom. The van der Waals surface area contributed by atoms with Gasteiger partial charge in [0, 0.05) is 26.6 Å². The van der Waals surface area contributed by atoms with E-state index in [1.807, 2.05) is 48.5 Å². The molecule has 1 N–H and O–H groups in total. The number of rotatable bonds is 5. The Morgan fingerprint density at radius 1 is 1.12 bits per heavy atom. The van der Waals surface area contributed by atoms with Crippen molar-refractivity contribution in [2.24, 2.45) is 0 Å². The monoisotopic (exact) mass is 353 g/mol. The lowest BCUT2D eigenvalue weighted by Gasteiger charge is -2.17. The van der Waals surface area contributed by atoms with Crippen molar-refractivity contribution in [3.05, 3.63) is 75.3 Å². The number of H-pyrrole nitrogens is 1. The van der Waals surface area contributed by atoms with Gasteiger partial charge in [0.25, 0.3) is 5.56 Å². The van der Waals surface area contributed by atoms with Crippen molar-refractivity contribution in [1.29, 1.82) is 0 Å². The topological polar surface area (TPSA) is 58.1 Å². The Morgan fingerprint density at radius 3 is 2.56 bits per heavy atom. The van der Waals surface area contributed by atoms with Crippen LogP contribution in [0.15, 0.2) is 59.4 Å². The molecular formula is C19H19N3O2S. The van der Waals surface area contributed by atoms with E-state index in [0.29, 0.717) is 22.2 Å². The van der Waals surface area contributed by atoms with Gasteiger partial charge in [0.2, 0.25) is 5.91 Å². The molecule has 0 spiro atoms. The van der Waals surface area contributed by atoms with Crippen molar-refractivity contribution in [2.45, 2.75) is 19.5 Å². The Labute approximate surface area is 150 Å². The molecule has 1 amide bonds. The van der Waals surface area contributed by atoms with E-state index in [1.165, 1.54) is 4.57 Å². The number of hydrogen-bond donors (Lipinski definition) is 1. The molecule has 0 unspecified atom stereocenters. The average Bonchev–Trinajstić information content (AvgIpc) is 2.62. The van der Waals surface area contributed by atoms with Crippen molar-refractivity contribution in [1.82, 2.24) is 14.5 Å². The van der Waals surface area contributed by atoms with Crippen LogP contribution in [-0.2, 0) is 17.9 Å². The van der Waals surface area contributed by atoms with Gasteiger partial charge in [-0.1, -0.05) is 42.5 Å². The summed E-state index contributed by atoms with van der Waals surface area (Å²) in [5.74, 6) is -0.0293. The number of aromatic amines is 1. The quantitative estimate of drug-likeness (QED) is 0.717. The van der Waals surface area contributed by atoms with Crippen molar-refractivity contribution >= 4 is 29.0 Å². The van der Waals surface area contributed by atoms with Crippen LogP contribution in [0.4, 0.5) is 0 Å². The predicted octanol–water partition coefficient (Wildman–Crippen LogP) is 3.11. The molecule has 0 saturated heterocycles. The number of fused-ring (bicyclic) bond motifs is 1. The van der Waals surface area contributed by atoms with E-state index in [2.05, 4.69) is 4.98 Å². The normalized spacial score (nSPS) is 10.8. The predicted molar refractivity (Wildman–Crippen MR) is 101 cm³/mol. The van der Waals surface area contributed by atoms with Crippen LogP contribution in [0.3, 0.4) is 0 Å². The van der Waals surface area contributed by atoms with Crippen LogP contribution in [0.2, 0.25) is 0 Å². The van der Waals surface area contributed by atoms with Gasteiger partial charge >= 0.3 is 0 Å². The van der Waals surface area contributed by atoms with Gasteiger partial charge in [0.15, 0.2) is 4.77 Å². The molecule has 2 aromatic carbocycles. The molecule has 6 heteroatoms. The molecule has 1 heterocycles. The minimum Gasteiger partial charge on any atom is -0.341 e. The van der Waals surface area contributed by atoms with E-state index in [0.717, 1.165) is 5.56 Å². The summed E-state index contributed by atoms with van der Waals surface area (Å²) in [6, 6.07) is 17.0. The van der Waals surface area contributed by atoms with Gasteiger partial charge < -0.3 is 9.88 Å². The first-order valence-corrected chi connectivity index (χ1v) is 8.47. The molecular weight excluding hydrogens is 334 g/mol. The van der Waals surface area contributed by atoms with Gasteiger partial charge in [0.1, 0.15) is 0 Å². The summed E-state index contributed by atoms with van der Waals surface area (Å²) in [6.45, 7) is 0.802. The third-order valence-electron chi connectivity index (χ3n) is 4.13. The molecule has 0 aliphatic heterocycles. The second-order valence-corrected chi connectivity index (χ2v) is 6.30. The number of carbonyl (C=O) groups is 1. The van der Waals surface area contributed by atoms with Gasteiger partial charge in [-0.25, -0.2) is 0 Å². The Balaban J connectivity index is 1.73. The minimum absolute atomic E-state index is 0.0293. The van der Waals surface area contributed by atoms with Crippen molar-refractivity contribution in [3.63, 3.8) is 0 Å². The van der Waals surface area contributed by atoms with Crippen molar-refractivity contribution < 1.29 is 4.79 Å². The first-order valence-electron chi connectivity index (χ1n) is 8.06. The standard InChI is InChI=1S/C19H19N3O2S/c1-21(13-14-7-3-2-4-8-14)17(23)11-12-22-18(24)15-9-5-6-10-16(15)20-19(22)25/h2-10H,11-13H2,1H3,(H,20,25). The summed E-state index contributed by atoms with van der Waals surface area (Å²) >= 11 is 5.27. The number of nitrogens with one attached hydrogen (secondary N) is 1. The summed E-state index contributed by atoms with van der Waals surface area (Å²) in [5.41, 5.74) is 1.61. The molecule has 0 saturated carbocycles. The van der Waals surface area contributed by atoms with E-state index >= 15 is 0 Å². The number of hydrogen-bond acceptors (Lipinski definition) is 3. The summed E-state index contributed by atoms with van der Waals surface area (Å²) in [4.78, 5) is 29.7. The van der Waals surface area contributed by atoms with Crippen LogP contribution >= 0.6 is 12.2 Å². The second-order valence-electron chi connectivity index (χ2n) is 5.92. The van der Waals surface area contributed by atoms with E-state index in [9.17, 15) is 9.59 Å². The summed E-state index contributed by atoms with van der Waals surface area (Å²) in [5, 5.41) is 0.571. The lowest BCUT2D eigenvalue weighted by Crippen LogP contribution is -2.29. The summed E-state index contributed by atoms with van der Waals surface area (Å²) in [6.07, 6.45) is 0.221. The highest BCUT2D eigenvalue weighted by molar-refractivity contribution is 7.71. The number of aromatic nitrogens is 2. The molecule has 0 aliphatic rings. The Hall–Kier alpha value is -2.73. The zero-order valence-corrected chi connectivity index (χ0v) is 14.8. The lowest BCUT2D eigenvalue weighted by atomic mass is 10.2. The van der Waals surface area contributed by atoms with Crippen LogP contribution in [0.25, 0.3) is 10.9 Å². The maximum atomic E-state index is 12.6. The molecule has 0 fully saturated rings. The van der Waals surface area contributed by atoms with Crippen LogP contribution < -0.4 is 5.56 Å². The number of benzene rings is 2. The van der Waals surface area contributed by atoms with Crippen molar-refractivity contribution in [2.75, 3.05) is 7.05 Å². The van der Waals surface area contributed by atoms with E-state index in [4.69, 9.17) is 12.2 Å². The van der Waals surface area contributed by atoms with E-state index in [-0.39, 0.29) is 24.4 Å². The van der Waals surface area contributed by atoms with Gasteiger partial charge in [-0.15, -0.1) is 0 Å². The Bertz CT molecular complexity index is 1010. The molecule has 0 bridgehead atoms. The number of amides is 1. The average molecular weight is 353 g/mol. The zero-order chi connectivity index (χ0) is 17.8. The first-order chi connectivity index (χ1) is 12.1. The molecule has 0 aliphatic carbocycles. The second kappa shape index (κ2) is 7.44. The van der Waals surface area contributed by atoms with Crippen LogP contribution in [0.5, 0.6) is 0 Å². The summed E-state index contributed by atoms with van der Waals surface area (Å²) in [7, 11) is 1.76. The molecule has 0 radical (unpaired) electrons. The first kappa shape index (κ1) is 17.1. The molecule has 3 aromatic rings. The van der Waals surface area contributed by atoms with Gasteiger partial charge in [-0.2, -0.15) is 0 Å². The van der Waals surface area contributed by atoms with Crippen LogP contribution in [0.1, 0.15) is 12.0 Å². The SMILES string of the molecule is CN(Cc1ccccc1)C(=O)CCn1c(=S)[nH]c2ccccc2c1=O. The largest absolute Gasteiger partial charge is 0.341 e. The summed E-state index contributed by atoms with van der Waals surface area (Å²) < 4.78 is 1.79. The number of carbonyl (C=O) groups excluding carboxylic acids is 1. The third-order valence-corrected chi connectivity index (χ3v) is 4.45. The maximum absolute atomic E-state index is 12.6. The van der Waals surface area contributed by atoms with Crippen LogP contribution in [0, 0.1) is 4.77 Å². The zero-order valence-electron chi connectivity index (χ0n) is 13.9.